The lowest BCUT2D eigenvalue weighted by atomic mass is 9.87. The summed E-state index contributed by atoms with van der Waals surface area (Å²) in [7, 11) is 0. The number of aliphatic hydroxyl groups is 1. The molecule has 1 aromatic carbocycles. The van der Waals surface area contributed by atoms with E-state index in [2.05, 4.69) is 5.32 Å². The molecule has 5 heteroatoms. The highest BCUT2D eigenvalue weighted by molar-refractivity contribution is 7.99. The van der Waals surface area contributed by atoms with E-state index < -0.39 is 11.4 Å². The van der Waals surface area contributed by atoms with Crippen LogP contribution in [0, 0.1) is 0 Å². The molecule has 0 bridgehead atoms. The lowest BCUT2D eigenvalue weighted by molar-refractivity contribution is 0.0169. The Balaban J connectivity index is 2.04. The van der Waals surface area contributed by atoms with Crippen LogP contribution in [-0.4, -0.2) is 29.6 Å². The van der Waals surface area contributed by atoms with Crippen molar-refractivity contribution in [1.29, 1.82) is 0 Å². The normalized spacial score (nSPS) is 24.4. The number of alkyl halides is 2. The zero-order valence-electron chi connectivity index (χ0n) is 10.0. The van der Waals surface area contributed by atoms with Crippen molar-refractivity contribution in [3.05, 3.63) is 29.8 Å². The highest BCUT2D eigenvalue weighted by Gasteiger charge is 2.29. The molecule has 2 N–H and O–H groups in total. The van der Waals surface area contributed by atoms with Gasteiger partial charge in [-0.1, -0.05) is 23.9 Å². The first-order valence-electron chi connectivity index (χ1n) is 6.04. The Labute approximate surface area is 110 Å². The quantitative estimate of drug-likeness (QED) is 0.827. The van der Waals surface area contributed by atoms with Crippen LogP contribution < -0.4 is 5.32 Å². The predicted octanol–water partition coefficient (Wildman–Crippen LogP) is 2.66. The molecule has 18 heavy (non-hydrogen) atoms. The second-order valence-electron chi connectivity index (χ2n) is 4.71. The Hall–Kier alpha value is -0.650. The molecule has 1 fully saturated rings. The number of β-amino-alcohol motifs (C(OH)–C–C–N with tert-alkyl or cyclic N) is 1. The maximum Gasteiger partial charge on any atom is 0.288 e. The molecule has 0 amide bonds. The van der Waals surface area contributed by atoms with E-state index in [4.69, 9.17) is 0 Å². The van der Waals surface area contributed by atoms with Crippen LogP contribution in [0.25, 0.3) is 0 Å². The van der Waals surface area contributed by atoms with E-state index in [1.165, 1.54) is 0 Å². The van der Waals surface area contributed by atoms with Crippen molar-refractivity contribution in [2.24, 2.45) is 0 Å². The minimum absolute atomic E-state index is 0.512. The van der Waals surface area contributed by atoms with E-state index in [0.717, 1.165) is 24.9 Å². The van der Waals surface area contributed by atoms with Crippen molar-refractivity contribution < 1.29 is 13.9 Å². The Morgan fingerprint density at radius 1 is 1.44 bits per heavy atom. The number of thioether (sulfide) groups is 1. The fourth-order valence-corrected chi connectivity index (χ4v) is 2.90. The van der Waals surface area contributed by atoms with Crippen molar-refractivity contribution in [1.82, 2.24) is 5.32 Å². The van der Waals surface area contributed by atoms with Crippen LogP contribution in [0.5, 0.6) is 0 Å². The second kappa shape index (κ2) is 5.99. The number of halogens is 2. The van der Waals surface area contributed by atoms with Gasteiger partial charge in [-0.25, -0.2) is 0 Å². The first-order valence-corrected chi connectivity index (χ1v) is 6.92. The van der Waals surface area contributed by atoms with E-state index in [0.29, 0.717) is 29.6 Å². The van der Waals surface area contributed by atoms with E-state index in [1.54, 1.807) is 18.2 Å². The van der Waals surface area contributed by atoms with Crippen molar-refractivity contribution in [3.63, 3.8) is 0 Å². The topological polar surface area (TPSA) is 32.3 Å². The van der Waals surface area contributed by atoms with Gasteiger partial charge >= 0.3 is 0 Å². The highest BCUT2D eigenvalue weighted by Crippen LogP contribution is 2.28. The zero-order valence-corrected chi connectivity index (χ0v) is 10.9. The van der Waals surface area contributed by atoms with Gasteiger partial charge in [0.15, 0.2) is 0 Å². The van der Waals surface area contributed by atoms with Crippen LogP contribution in [0.4, 0.5) is 8.78 Å². The molecule has 1 aliphatic heterocycles. The van der Waals surface area contributed by atoms with Crippen molar-refractivity contribution >= 4 is 11.8 Å². The SMILES string of the molecule is OC1(Cc2cccc(SC(F)F)c2)CCCNC1. The van der Waals surface area contributed by atoms with Crippen LogP contribution in [-0.2, 0) is 6.42 Å². The molecule has 1 saturated heterocycles. The zero-order chi connectivity index (χ0) is 13.0. The van der Waals surface area contributed by atoms with Gasteiger partial charge < -0.3 is 10.4 Å². The number of hydrogen-bond donors (Lipinski definition) is 2. The summed E-state index contributed by atoms with van der Waals surface area (Å²) in [5.74, 6) is -2.40. The number of hydrogen-bond acceptors (Lipinski definition) is 3. The van der Waals surface area contributed by atoms with E-state index >= 15 is 0 Å². The van der Waals surface area contributed by atoms with Crippen molar-refractivity contribution in [2.45, 2.75) is 35.5 Å². The molecule has 2 rings (SSSR count). The van der Waals surface area contributed by atoms with Crippen LogP contribution in [0.15, 0.2) is 29.2 Å². The monoisotopic (exact) mass is 273 g/mol. The molecule has 0 spiro atoms. The first-order chi connectivity index (χ1) is 8.57. The lowest BCUT2D eigenvalue weighted by Crippen LogP contribution is -2.47. The molecular weight excluding hydrogens is 256 g/mol. The maximum atomic E-state index is 12.3. The van der Waals surface area contributed by atoms with Crippen LogP contribution in [0.3, 0.4) is 0 Å². The second-order valence-corrected chi connectivity index (χ2v) is 5.77. The van der Waals surface area contributed by atoms with E-state index in [1.807, 2.05) is 6.07 Å². The fourth-order valence-electron chi connectivity index (χ4n) is 2.31. The number of rotatable bonds is 4. The largest absolute Gasteiger partial charge is 0.388 e. The molecule has 0 saturated carbocycles. The molecule has 1 aliphatic rings. The molecule has 100 valence electrons. The third-order valence-corrected chi connectivity index (χ3v) is 3.81. The third-order valence-electron chi connectivity index (χ3n) is 3.11. The molecule has 0 aromatic heterocycles. The smallest absolute Gasteiger partial charge is 0.288 e. The molecule has 0 radical (unpaired) electrons. The molecule has 2 nitrogen and oxygen atoms in total. The fraction of sp³-hybridized carbons (Fsp3) is 0.538. The standard InChI is InChI=1S/C13H17F2NOS/c14-12(15)18-11-4-1-3-10(7-11)8-13(17)5-2-6-16-9-13/h1,3-4,7,12,16-17H,2,5-6,8-9H2. The summed E-state index contributed by atoms with van der Waals surface area (Å²) >= 11 is 0.543. The van der Waals surface area contributed by atoms with Crippen molar-refractivity contribution in [3.8, 4) is 0 Å². The van der Waals surface area contributed by atoms with Gasteiger partial charge in [0.1, 0.15) is 0 Å². The minimum Gasteiger partial charge on any atom is -0.388 e. The third kappa shape index (κ3) is 3.93. The average Bonchev–Trinajstić information content (AvgIpc) is 2.28. The van der Waals surface area contributed by atoms with Gasteiger partial charge in [-0.2, -0.15) is 8.78 Å². The van der Waals surface area contributed by atoms with Crippen molar-refractivity contribution in [2.75, 3.05) is 13.1 Å². The minimum atomic E-state index is -2.40. The Kier molecular flexibility index (Phi) is 4.59. The van der Waals surface area contributed by atoms with Gasteiger partial charge in [0.25, 0.3) is 5.76 Å². The van der Waals surface area contributed by atoms with Gasteiger partial charge in [0, 0.05) is 17.9 Å². The van der Waals surface area contributed by atoms with Gasteiger partial charge in [0.2, 0.25) is 0 Å². The molecule has 1 heterocycles. The Morgan fingerprint density at radius 3 is 2.94 bits per heavy atom. The summed E-state index contributed by atoms with van der Waals surface area (Å²) < 4.78 is 24.6. The summed E-state index contributed by atoms with van der Waals surface area (Å²) in [5.41, 5.74) is 0.165. The average molecular weight is 273 g/mol. The van der Waals surface area contributed by atoms with Crippen LogP contribution in [0.2, 0.25) is 0 Å². The van der Waals surface area contributed by atoms with Crippen LogP contribution >= 0.6 is 11.8 Å². The summed E-state index contributed by atoms with van der Waals surface area (Å²) in [6, 6.07) is 7.05. The number of benzene rings is 1. The Bertz CT molecular complexity index is 394. The predicted molar refractivity (Wildman–Crippen MR) is 69.1 cm³/mol. The van der Waals surface area contributed by atoms with Crippen LogP contribution in [0.1, 0.15) is 18.4 Å². The lowest BCUT2D eigenvalue weighted by Gasteiger charge is -2.32. The van der Waals surface area contributed by atoms with Gasteiger partial charge in [-0.05, 0) is 37.1 Å². The summed E-state index contributed by atoms with van der Waals surface area (Å²) in [4.78, 5) is 0.551. The van der Waals surface area contributed by atoms with E-state index in [-0.39, 0.29) is 0 Å². The van der Waals surface area contributed by atoms with Gasteiger partial charge in [0.05, 0.1) is 5.60 Å². The molecule has 1 atom stereocenters. The first kappa shape index (κ1) is 13.8. The molecule has 0 aliphatic carbocycles. The van der Waals surface area contributed by atoms with Gasteiger partial charge in [-0.15, -0.1) is 0 Å². The summed E-state index contributed by atoms with van der Waals surface area (Å²) in [6.07, 6.45) is 2.21. The summed E-state index contributed by atoms with van der Waals surface area (Å²) in [5, 5.41) is 13.5. The highest BCUT2D eigenvalue weighted by atomic mass is 32.2. The summed E-state index contributed by atoms with van der Waals surface area (Å²) in [6.45, 7) is 1.50. The van der Waals surface area contributed by atoms with Gasteiger partial charge in [-0.3, -0.25) is 0 Å². The molecule has 1 unspecified atom stereocenters. The number of piperidine rings is 1. The number of nitrogens with one attached hydrogen (secondary N) is 1. The van der Waals surface area contributed by atoms with E-state index in [9.17, 15) is 13.9 Å². The Morgan fingerprint density at radius 2 is 2.28 bits per heavy atom. The maximum absolute atomic E-state index is 12.3. The molecular formula is C13H17F2NOS. The molecule has 1 aromatic rings.